The molecule has 5 nitrogen and oxygen atoms in total. The Kier molecular flexibility index (Phi) is 3.78. The number of nitrogens with two attached hydrogens (primary N) is 1. The molecule has 1 fully saturated rings. The molecular formula is C12H20N4O. The summed E-state index contributed by atoms with van der Waals surface area (Å²) >= 11 is 0. The van der Waals surface area contributed by atoms with Crippen LogP contribution >= 0.6 is 0 Å². The van der Waals surface area contributed by atoms with Crippen LogP contribution in [-0.2, 0) is 0 Å². The second kappa shape index (κ2) is 5.31. The van der Waals surface area contributed by atoms with Gasteiger partial charge in [-0.15, -0.1) is 0 Å². The summed E-state index contributed by atoms with van der Waals surface area (Å²) in [6.45, 7) is 4.42. The van der Waals surface area contributed by atoms with Gasteiger partial charge < -0.3 is 15.8 Å². The zero-order valence-corrected chi connectivity index (χ0v) is 10.4. The lowest BCUT2D eigenvalue weighted by atomic mass is 10.2. The molecular weight excluding hydrogens is 216 g/mol. The van der Waals surface area contributed by atoms with Crippen LogP contribution in [0.2, 0.25) is 0 Å². The van der Waals surface area contributed by atoms with Crippen molar-refractivity contribution in [3.05, 3.63) is 11.9 Å². The van der Waals surface area contributed by atoms with Gasteiger partial charge in [0, 0.05) is 18.2 Å². The summed E-state index contributed by atoms with van der Waals surface area (Å²) in [5, 5.41) is 3.37. The van der Waals surface area contributed by atoms with Crippen LogP contribution in [0.4, 0.5) is 5.82 Å². The fourth-order valence-corrected chi connectivity index (χ4v) is 2.19. The molecule has 17 heavy (non-hydrogen) atoms. The molecule has 1 heterocycles. The van der Waals surface area contributed by atoms with Crippen molar-refractivity contribution in [3.8, 4) is 5.88 Å². The number of ether oxygens (including phenoxy) is 1. The molecule has 1 aromatic rings. The molecule has 0 spiro atoms. The lowest BCUT2D eigenvalue weighted by molar-refractivity contribution is 0.325. The number of hydrogen-bond donors (Lipinski definition) is 2. The second-order valence-electron chi connectivity index (χ2n) is 4.42. The van der Waals surface area contributed by atoms with E-state index in [0.717, 1.165) is 18.7 Å². The van der Waals surface area contributed by atoms with Gasteiger partial charge in [0.2, 0.25) is 5.88 Å². The molecule has 0 bridgehead atoms. The van der Waals surface area contributed by atoms with E-state index in [0.29, 0.717) is 24.4 Å². The average Bonchev–Trinajstić information content (AvgIpc) is 2.64. The number of nitrogens with one attached hydrogen (secondary N) is 1. The minimum absolute atomic E-state index is 0.223. The van der Waals surface area contributed by atoms with Gasteiger partial charge in [0.1, 0.15) is 11.6 Å². The molecule has 0 aliphatic heterocycles. The van der Waals surface area contributed by atoms with E-state index in [4.69, 9.17) is 10.5 Å². The van der Waals surface area contributed by atoms with Gasteiger partial charge in [-0.25, -0.2) is 4.98 Å². The standard InChI is InChI=1S/C12H20N4O/c1-3-17-12-7-11(14-8(2)15-12)16-10-6-4-5-9(10)13/h7,9-10H,3-6,13H2,1-2H3,(H,14,15,16). The summed E-state index contributed by atoms with van der Waals surface area (Å²) < 4.78 is 5.40. The topological polar surface area (TPSA) is 73.1 Å². The Bertz CT molecular complexity index is 383. The molecule has 1 aliphatic carbocycles. The fraction of sp³-hybridized carbons (Fsp3) is 0.667. The lowest BCUT2D eigenvalue weighted by Crippen LogP contribution is -2.35. The van der Waals surface area contributed by atoms with Gasteiger partial charge in [0.15, 0.2) is 0 Å². The smallest absolute Gasteiger partial charge is 0.218 e. The van der Waals surface area contributed by atoms with Crippen LogP contribution in [0.5, 0.6) is 5.88 Å². The van der Waals surface area contributed by atoms with Crippen molar-refractivity contribution in [1.29, 1.82) is 0 Å². The molecule has 1 aromatic heterocycles. The molecule has 1 aliphatic rings. The van der Waals surface area contributed by atoms with E-state index in [-0.39, 0.29) is 6.04 Å². The summed E-state index contributed by atoms with van der Waals surface area (Å²) in [6.07, 6.45) is 3.37. The number of aryl methyl sites for hydroxylation is 1. The Hall–Kier alpha value is -1.36. The first-order valence-corrected chi connectivity index (χ1v) is 6.19. The third-order valence-electron chi connectivity index (χ3n) is 3.01. The summed E-state index contributed by atoms with van der Waals surface area (Å²) in [4.78, 5) is 8.57. The van der Waals surface area contributed by atoms with Gasteiger partial charge in [-0.1, -0.05) is 0 Å². The Morgan fingerprint density at radius 2 is 2.29 bits per heavy atom. The summed E-state index contributed by atoms with van der Waals surface area (Å²) in [5.41, 5.74) is 6.02. The van der Waals surface area contributed by atoms with Crippen molar-refractivity contribution in [2.75, 3.05) is 11.9 Å². The Morgan fingerprint density at radius 1 is 1.47 bits per heavy atom. The zero-order valence-electron chi connectivity index (χ0n) is 10.4. The van der Waals surface area contributed by atoms with Crippen molar-refractivity contribution in [1.82, 2.24) is 9.97 Å². The first-order chi connectivity index (χ1) is 8.19. The number of nitrogens with zero attached hydrogens (tertiary/aromatic N) is 2. The molecule has 2 unspecified atom stereocenters. The zero-order chi connectivity index (χ0) is 12.3. The highest BCUT2D eigenvalue weighted by molar-refractivity contribution is 5.40. The van der Waals surface area contributed by atoms with E-state index in [1.165, 1.54) is 6.42 Å². The quantitative estimate of drug-likeness (QED) is 0.828. The van der Waals surface area contributed by atoms with Crippen molar-refractivity contribution < 1.29 is 4.74 Å². The maximum atomic E-state index is 6.02. The van der Waals surface area contributed by atoms with Crippen molar-refractivity contribution >= 4 is 5.82 Å². The van der Waals surface area contributed by atoms with E-state index in [1.54, 1.807) is 0 Å². The molecule has 94 valence electrons. The molecule has 0 saturated heterocycles. The number of aromatic nitrogens is 2. The van der Waals surface area contributed by atoms with Crippen molar-refractivity contribution in [2.24, 2.45) is 5.73 Å². The SMILES string of the molecule is CCOc1cc(NC2CCCC2N)nc(C)n1. The van der Waals surface area contributed by atoms with Gasteiger partial charge >= 0.3 is 0 Å². The molecule has 2 atom stereocenters. The predicted octanol–water partition coefficient (Wildman–Crippen LogP) is 1.48. The summed E-state index contributed by atoms with van der Waals surface area (Å²) in [5.74, 6) is 2.14. The number of rotatable bonds is 4. The van der Waals surface area contributed by atoms with Crippen LogP contribution in [0.3, 0.4) is 0 Å². The maximum Gasteiger partial charge on any atom is 0.218 e. The van der Waals surface area contributed by atoms with Crippen molar-refractivity contribution in [3.63, 3.8) is 0 Å². The average molecular weight is 236 g/mol. The van der Waals surface area contributed by atoms with Gasteiger partial charge in [0.05, 0.1) is 6.61 Å². The molecule has 3 N–H and O–H groups in total. The minimum Gasteiger partial charge on any atom is -0.478 e. The normalized spacial score (nSPS) is 23.7. The van der Waals surface area contributed by atoms with Crippen LogP contribution < -0.4 is 15.8 Å². The predicted molar refractivity (Wildman–Crippen MR) is 67.2 cm³/mol. The highest BCUT2D eigenvalue weighted by atomic mass is 16.5. The first-order valence-electron chi connectivity index (χ1n) is 6.19. The maximum absolute atomic E-state index is 6.02. The molecule has 2 rings (SSSR count). The first kappa shape index (κ1) is 12.1. The molecule has 0 radical (unpaired) electrons. The van der Waals surface area contributed by atoms with Gasteiger partial charge in [-0.05, 0) is 33.1 Å². The summed E-state index contributed by atoms with van der Waals surface area (Å²) in [7, 11) is 0. The number of anilines is 1. The van der Waals surface area contributed by atoms with E-state index in [1.807, 2.05) is 19.9 Å². The van der Waals surface area contributed by atoms with Gasteiger partial charge in [0.25, 0.3) is 0 Å². The van der Waals surface area contributed by atoms with Crippen LogP contribution in [0.25, 0.3) is 0 Å². The lowest BCUT2D eigenvalue weighted by Gasteiger charge is -2.18. The van der Waals surface area contributed by atoms with Gasteiger partial charge in [-0.2, -0.15) is 4.98 Å². The van der Waals surface area contributed by atoms with Crippen LogP contribution in [0, 0.1) is 6.92 Å². The van der Waals surface area contributed by atoms with Crippen LogP contribution in [0.15, 0.2) is 6.07 Å². The van der Waals surface area contributed by atoms with E-state index in [2.05, 4.69) is 15.3 Å². The number of hydrogen-bond acceptors (Lipinski definition) is 5. The van der Waals surface area contributed by atoms with Gasteiger partial charge in [-0.3, -0.25) is 0 Å². The molecule has 0 amide bonds. The highest BCUT2D eigenvalue weighted by Crippen LogP contribution is 2.22. The third kappa shape index (κ3) is 3.06. The fourth-order valence-electron chi connectivity index (χ4n) is 2.19. The molecule has 5 heteroatoms. The van der Waals surface area contributed by atoms with Crippen LogP contribution in [-0.4, -0.2) is 28.7 Å². The Morgan fingerprint density at radius 3 is 2.94 bits per heavy atom. The summed E-state index contributed by atoms with van der Waals surface area (Å²) in [6, 6.07) is 2.38. The molecule has 1 saturated carbocycles. The highest BCUT2D eigenvalue weighted by Gasteiger charge is 2.24. The minimum atomic E-state index is 0.223. The van der Waals surface area contributed by atoms with Crippen LogP contribution in [0.1, 0.15) is 32.0 Å². The third-order valence-corrected chi connectivity index (χ3v) is 3.01. The molecule has 0 aromatic carbocycles. The monoisotopic (exact) mass is 236 g/mol. The van der Waals surface area contributed by atoms with E-state index in [9.17, 15) is 0 Å². The Balaban J connectivity index is 2.09. The second-order valence-corrected chi connectivity index (χ2v) is 4.42. The van der Waals surface area contributed by atoms with Crippen molar-refractivity contribution in [2.45, 2.75) is 45.2 Å². The van der Waals surface area contributed by atoms with E-state index < -0.39 is 0 Å². The van der Waals surface area contributed by atoms with E-state index >= 15 is 0 Å². The largest absolute Gasteiger partial charge is 0.478 e. The Labute approximate surface area is 102 Å².